The Kier molecular flexibility index (Phi) is 8.83. The summed E-state index contributed by atoms with van der Waals surface area (Å²) in [7, 11) is 1.65. The Morgan fingerprint density at radius 1 is 1.37 bits per heavy atom. The summed E-state index contributed by atoms with van der Waals surface area (Å²) in [6, 6.07) is 6.64. The summed E-state index contributed by atoms with van der Waals surface area (Å²) < 4.78 is 19.5. The number of rotatable bonds is 6. The molecule has 0 bridgehead atoms. The van der Waals surface area contributed by atoms with Crippen molar-refractivity contribution in [2.24, 2.45) is 5.92 Å². The molecule has 3 atom stereocenters. The number of carbonyl (C=O) groups is 2. The minimum absolute atomic E-state index is 0.171. The summed E-state index contributed by atoms with van der Waals surface area (Å²) >= 11 is 0. The SMILES string of the molecule is CCCC#Cc1cnc2c(c1)C(=O)N([C@@H](C)CO)C[C@@H](C)[C@H](CN(C)C(=O)c1ccc(F)cc1)O2. The van der Waals surface area contributed by atoms with Gasteiger partial charge in [-0.05, 0) is 43.7 Å². The highest BCUT2D eigenvalue weighted by Crippen LogP contribution is 2.27. The first kappa shape index (κ1) is 26.2. The standard InChI is InChI=1S/C27H32FN3O4/c1-5-6-7-8-20-13-23-25(29-14-20)35-24(18(2)15-31(27(23)34)19(3)17-32)16-30(4)26(33)21-9-11-22(28)12-10-21/h9-14,18-19,24,32H,5-6,15-17H2,1-4H3/t18-,19+,24+/m1/s1. The second kappa shape index (κ2) is 11.8. The predicted octanol–water partition coefficient (Wildman–Crippen LogP) is 3.36. The van der Waals surface area contributed by atoms with Crippen LogP contribution in [0.5, 0.6) is 5.88 Å². The molecular weight excluding hydrogens is 449 g/mol. The quantitative estimate of drug-likeness (QED) is 0.640. The van der Waals surface area contributed by atoms with Crippen LogP contribution < -0.4 is 4.74 Å². The van der Waals surface area contributed by atoms with E-state index >= 15 is 0 Å². The minimum atomic E-state index is -0.478. The Morgan fingerprint density at radius 2 is 2.09 bits per heavy atom. The van der Waals surface area contributed by atoms with E-state index in [1.165, 1.54) is 29.2 Å². The first-order valence-electron chi connectivity index (χ1n) is 11.8. The highest BCUT2D eigenvalue weighted by molar-refractivity contribution is 5.97. The minimum Gasteiger partial charge on any atom is -0.472 e. The van der Waals surface area contributed by atoms with Crippen molar-refractivity contribution >= 4 is 11.8 Å². The van der Waals surface area contributed by atoms with Crippen LogP contribution in [0.4, 0.5) is 4.39 Å². The molecule has 1 aliphatic rings. The van der Waals surface area contributed by atoms with Crippen molar-refractivity contribution in [3.8, 4) is 17.7 Å². The fourth-order valence-electron chi connectivity index (χ4n) is 3.84. The summed E-state index contributed by atoms with van der Waals surface area (Å²) in [6.07, 6.45) is 2.77. The second-order valence-electron chi connectivity index (χ2n) is 8.94. The topological polar surface area (TPSA) is 83.0 Å². The number of likely N-dealkylation sites (N-methyl/N-ethyl adjacent to an activating group) is 1. The Morgan fingerprint density at radius 3 is 2.74 bits per heavy atom. The normalized spacial score (nSPS) is 18.3. The Labute approximate surface area is 205 Å². The molecule has 1 aromatic heterocycles. The number of aromatic nitrogens is 1. The molecule has 186 valence electrons. The fourth-order valence-corrected chi connectivity index (χ4v) is 3.84. The number of hydrogen-bond acceptors (Lipinski definition) is 5. The molecule has 1 N–H and O–H groups in total. The van der Waals surface area contributed by atoms with E-state index in [2.05, 4.69) is 16.8 Å². The molecule has 7 nitrogen and oxygen atoms in total. The van der Waals surface area contributed by atoms with Crippen LogP contribution in [0.1, 0.15) is 59.9 Å². The first-order chi connectivity index (χ1) is 16.7. The van der Waals surface area contributed by atoms with Gasteiger partial charge in [0.1, 0.15) is 17.5 Å². The molecule has 35 heavy (non-hydrogen) atoms. The number of amides is 2. The van der Waals surface area contributed by atoms with Crippen molar-refractivity contribution in [1.82, 2.24) is 14.8 Å². The first-order valence-corrected chi connectivity index (χ1v) is 11.8. The van der Waals surface area contributed by atoms with Gasteiger partial charge in [-0.1, -0.05) is 25.7 Å². The average molecular weight is 482 g/mol. The van der Waals surface area contributed by atoms with Gasteiger partial charge in [0.15, 0.2) is 0 Å². The van der Waals surface area contributed by atoms with Crippen molar-refractivity contribution in [1.29, 1.82) is 0 Å². The van der Waals surface area contributed by atoms with Crippen LogP contribution in [-0.4, -0.2) is 70.6 Å². The third-order valence-electron chi connectivity index (χ3n) is 6.02. The lowest BCUT2D eigenvalue weighted by Gasteiger charge is -2.37. The summed E-state index contributed by atoms with van der Waals surface area (Å²) in [5.74, 6) is 5.12. The van der Waals surface area contributed by atoms with Gasteiger partial charge in [-0.3, -0.25) is 9.59 Å². The van der Waals surface area contributed by atoms with Gasteiger partial charge >= 0.3 is 0 Å². The number of ether oxygens (including phenoxy) is 1. The van der Waals surface area contributed by atoms with Gasteiger partial charge in [-0.25, -0.2) is 9.37 Å². The van der Waals surface area contributed by atoms with E-state index in [4.69, 9.17) is 4.74 Å². The van der Waals surface area contributed by atoms with E-state index in [0.29, 0.717) is 17.7 Å². The van der Waals surface area contributed by atoms with E-state index in [0.717, 1.165) is 12.8 Å². The maximum Gasteiger partial charge on any atom is 0.259 e. The number of fused-ring (bicyclic) bond motifs is 1. The summed E-state index contributed by atoms with van der Waals surface area (Å²) in [6.45, 7) is 6.12. The number of hydrogen-bond donors (Lipinski definition) is 1. The monoisotopic (exact) mass is 481 g/mol. The number of nitrogens with zero attached hydrogens (tertiary/aromatic N) is 3. The lowest BCUT2D eigenvalue weighted by molar-refractivity contribution is 0.0313. The molecule has 0 saturated heterocycles. The zero-order valence-electron chi connectivity index (χ0n) is 20.6. The zero-order chi connectivity index (χ0) is 25.5. The fraction of sp³-hybridized carbons (Fsp3) is 0.444. The van der Waals surface area contributed by atoms with E-state index in [-0.39, 0.29) is 42.3 Å². The van der Waals surface area contributed by atoms with Crippen LogP contribution in [0.3, 0.4) is 0 Å². The number of unbranched alkanes of at least 4 members (excludes halogenated alkanes) is 1. The molecule has 8 heteroatoms. The largest absolute Gasteiger partial charge is 0.472 e. The summed E-state index contributed by atoms with van der Waals surface area (Å²) in [4.78, 5) is 33.8. The van der Waals surface area contributed by atoms with Gasteiger partial charge in [-0.15, -0.1) is 0 Å². The van der Waals surface area contributed by atoms with Crippen molar-refractivity contribution in [3.05, 3.63) is 59.0 Å². The van der Waals surface area contributed by atoms with Gasteiger partial charge < -0.3 is 19.6 Å². The zero-order valence-corrected chi connectivity index (χ0v) is 20.6. The Balaban J connectivity index is 1.92. The van der Waals surface area contributed by atoms with Crippen LogP contribution in [0.15, 0.2) is 36.5 Å². The molecule has 0 saturated carbocycles. The average Bonchev–Trinajstić information content (AvgIpc) is 2.86. The van der Waals surface area contributed by atoms with E-state index in [9.17, 15) is 19.1 Å². The molecule has 2 aromatic rings. The molecular formula is C27H32FN3O4. The highest BCUT2D eigenvalue weighted by Gasteiger charge is 2.34. The van der Waals surface area contributed by atoms with Crippen LogP contribution in [0.2, 0.25) is 0 Å². The smallest absolute Gasteiger partial charge is 0.259 e. The van der Waals surface area contributed by atoms with Gasteiger partial charge in [0, 0.05) is 43.3 Å². The Bertz CT molecular complexity index is 1110. The number of pyridine rings is 1. The molecule has 0 radical (unpaired) electrons. The van der Waals surface area contributed by atoms with Gasteiger partial charge in [0.25, 0.3) is 11.8 Å². The molecule has 0 unspecified atom stereocenters. The van der Waals surface area contributed by atoms with Crippen molar-refractivity contribution in [3.63, 3.8) is 0 Å². The third-order valence-corrected chi connectivity index (χ3v) is 6.02. The van der Waals surface area contributed by atoms with Gasteiger partial charge in [0.2, 0.25) is 5.88 Å². The van der Waals surface area contributed by atoms with Crippen LogP contribution >= 0.6 is 0 Å². The predicted molar refractivity (Wildman–Crippen MR) is 131 cm³/mol. The van der Waals surface area contributed by atoms with Crippen LogP contribution in [0.25, 0.3) is 0 Å². The lowest BCUT2D eigenvalue weighted by Crippen LogP contribution is -2.50. The summed E-state index contributed by atoms with van der Waals surface area (Å²) in [5, 5.41) is 9.79. The van der Waals surface area contributed by atoms with E-state index < -0.39 is 18.0 Å². The second-order valence-corrected chi connectivity index (χ2v) is 8.94. The molecule has 2 amide bonds. The third kappa shape index (κ3) is 6.37. The molecule has 0 aliphatic carbocycles. The van der Waals surface area contributed by atoms with E-state index in [1.54, 1.807) is 31.1 Å². The highest BCUT2D eigenvalue weighted by atomic mass is 19.1. The Hall–Kier alpha value is -3.44. The number of aliphatic hydroxyl groups is 1. The van der Waals surface area contributed by atoms with Crippen LogP contribution in [0, 0.1) is 23.6 Å². The molecule has 1 aliphatic heterocycles. The maximum absolute atomic E-state index is 13.4. The lowest BCUT2D eigenvalue weighted by atomic mass is 9.99. The number of halogens is 1. The van der Waals surface area contributed by atoms with E-state index in [1.807, 2.05) is 13.8 Å². The number of carbonyl (C=O) groups excluding carboxylic acids is 2. The molecule has 0 spiro atoms. The molecule has 3 rings (SSSR count). The van der Waals surface area contributed by atoms with Crippen molar-refractivity contribution < 1.29 is 23.8 Å². The summed E-state index contributed by atoms with van der Waals surface area (Å²) in [5.41, 5.74) is 1.25. The molecule has 2 heterocycles. The van der Waals surface area contributed by atoms with Gasteiger partial charge in [-0.2, -0.15) is 0 Å². The van der Waals surface area contributed by atoms with Crippen molar-refractivity contribution in [2.75, 3.05) is 26.7 Å². The van der Waals surface area contributed by atoms with Crippen molar-refractivity contribution in [2.45, 2.75) is 45.8 Å². The maximum atomic E-state index is 13.4. The molecule has 0 fully saturated rings. The number of benzene rings is 1. The molecule has 1 aromatic carbocycles. The number of aliphatic hydroxyl groups excluding tert-OH is 1. The van der Waals surface area contributed by atoms with Crippen LogP contribution in [-0.2, 0) is 0 Å². The van der Waals surface area contributed by atoms with Gasteiger partial charge in [0.05, 0.1) is 19.2 Å².